The fourth-order valence-electron chi connectivity index (χ4n) is 4.33. The Hall–Kier alpha value is -1.86. The van der Waals surface area contributed by atoms with Gasteiger partial charge in [0, 0.05) is 30.1 Å². The van der Waals surface area contributed by atoms with E-state index in [9.17, 15) is 13.2 Å². The van der Waals surface area contributed by atoms with E-state index in [0.717, 1.165) is 51.4 Å². The summed E-state index contributed by atoms with van der Waals surface area (Å²) >= 11 is 0. The molecule has 0 atom stereocenters. The van der Waals surface area contributed by atoms with Gasteiger partial charge in [0.2, 0.25) is 10.0 Å². The Balaban J connectivity index is 1.63. The van der Waals surface area contributed by atoms with E-state index >= 15 is 0 Å². The number of furan rings is 1. The van der Waals surface area contributed by atoms with Crippen molar-refractivity contribution >= 4 is 26.9 Å². The van der Waals surface area contributed by atoms with E-state index in [4.69, 9.17) is 4.42 Å². The maximum absolute atomic E-state index is 13.1. The number of sulfonamides is 1. The second-order valence-corrected chi connectivity index (χ2v) is 9.93. The van der Waals surface area contributed by atoms with Gasteiger partial charge in [-0.05, 0) is 50.8 Å². The summed E-state index contributed by atoms with van der Waals surface area (Å²) in [4.78, 5) is 12.9. The van der Waals surface area contributed by atoms with E-state index in [0.29, 0.717) is 29.6 Å². The minimum Gasteiger partial charge on any atom is -0.451 e. The Morgan fingerprint density at radius 3 is 2.43 bits per heavy atom. The van der Waals surface area contributed by atoms with Gasteiger partial charge in [0.15, 0.2) is 5.76 Å². The van der Waals surface area contributed by atoms with Crippen LogP contribution in [-0.2, 0) is 10.0 Å². The molecule has 152 valence electrons. The maximum Gasteiger partial charge on any atom is 0.287 e. The van der Waals surface area contributed by atoms with Gasteiger partial charge >= 0.3 is 0 Å². The maximum atomic E-state index is 13.1. The zero-order chi connectivity index (χ0) is 19.7. The molecule has 0 radical (unpaired) electrons. The zero-order valence-corrected chi connectivity index (χ0v) is 17.2. The van der Waals surface area contributed by atoms with Crippen LogP contribution in [0.2, 0.25) is 0 Å². The summed E-state index contributed by atoms with van der Waals surface area (Å²) in [6.07, 6.45) is 8.24. The third kappa shape index (κ3) is 3.70. The average molecular weight is 405 g/mol. The summed E-state index contributed by atoms with van der Waals surface area (Å²) in [5, 5.41) is 3.73. The fraction of sp³-hybridized carbons (Fsp3) is 0.571. The van der Waals surface area contributed by atoms with Crippen molar-refractivity contribution in [1.82, 2.24) is 9.62 Å². The van der Waals surface area contributed by atoms with Crippen LogP contribution in [0.3, 0.4) is 0 Å². The molecule has 2 heterocycles. The molecule has 2 aliphatic rings. The van der Waals surface area contributed by atoms with Crippen molar-refractivity contribution < 1.29 is 17.6 Å². The number of nitrogens with one attached hydrogen (secondary N) is 1. The van der Waals surface area contributed by atoms with Crippen LogP contribution in [0.1, 0.15) is 67.5 Å². The molecule has 1 aliphatic carbocycles. The quantitative estimate of drug-likeness (QED) is 0.836. The van der Waals surface area contributed by atoms with E-state index in [1.165, 1.54) is 0 Å². The van der Waals surface area contributed by atoms with Crippen LogP contribution in [-0.4, -0.2) is 37.8 Å². The van der Waals surface area contributed by atoms with Crippen molar-refractivity contribution in [1.29, 1.82) is 0 Å². The normalized spacial score (nSPS) is 19.8. The minimum absolute atomic E-state index is 0.207. The van der Waals surface area contributed by atoms with Gasteiger partial charge in [0.25, 0.3) is 5.91 Å². The summed E-state index contributed by atoms with van der Waals surface area (Å²) in [7, 11) is -3.53. The highest BCUT2D eigenvalue weighted by molar-refractivity contribution is 7.89. The summed E-state index contributed by atoms with van der Waals surface area (Å²) in [6, 6.07) is 5.11. The molecular formula is C21H28N2O4S. The number of nitrogens with zero attached hydrogens (tertiary/aromatic N) is 1. The smallest absolute Gasteiger partial charge is 0.287 e. The van der Waals surface area contributed by atoms with Crippen molar-refractivity contribution in [2.75, 3.05) is 13.1 Å². The van der Waals surface area contributed by atoms with Crippen LogP contribution in [0.15, 0.2) is 27.5 Å². The van der Waals surface area contributed by atoms with Crippen LogP contribution in [0, 0.1) is 6.92 Å². The monoisotopic (exact) mass is 404 g/mol. The average Bonchev–Trinajstić information content (AvgIpc) is 3.19. The first-order valence-corrected chi connectivity index (χ1v) is 11.7. The van der Waals surface area contributed by atoms with Gasteiger partial charge in [-0.3, -0.25) is 4.79 Å². The lowest BCUT2D eigenvalue weighted by Gasteiger charge is -2.19. The number of carbonyl (C=O) groups is 1. The number of aryl methyl sites for hydroxylation is 1. The second kappa shape index (κ2) is 7.87. The largest absolute Gasteiger partial charge is 0.451 e. The predicted molar refractivity (Wildman–Crippen MR) is 108 cm³/mol. The molecule has 28 heavy (non-hydrogen) atoms. The first kappa shape index (κ1) is 19.5. The lowest BCUT2D eigenvalue weighted by Crippen LogP contribution is -2.32. The molecule has 0 bridgehead atoms. The number of benzene rings is 1. The first-order valence-electron chi connectivity index (χ1n) is 10.3. The van der Waals surface area contributed by atoms with E-state index < -0.39 is 10.0 Å². The molecule has 2 aromatic rings. The van der Waals surface area contributed by atoms with E-state index in [1.807, 2.05) is 6.92 Å². The van der Waals surface area contributed by atoms with Crippen molar-refractivity contribution in [3.05, 3.63) is 29.5 Å². The van der Waals surface area contributed by atoms with E-state index in [-0.39, 0.29) is 22.6 Å². The van der Waals surface area contributed by atoms with Crippen molar-refractivity contribution in [2.24, 2.45) is 0 Å². The highest BCUT2D eigenvalue weighted by atomic mass is 32.2. The molecular weight excluding hydrogens is 376 g/mol. The molecule has 1 aliphatic heterocycles. The first-order chi connectivity index (χ1) is 13.5. The Bertz CT molecular complexity index is 966. The highest BCUT2D eigenvalue weighted by Gasteiger charge is 2.27. The van der Waals surface area contributed by atoms with Crippen LogP contribution in [0.25, 0.3) is 11.0 Å². The lowest BCUT2D eigenvalue weighted by molar-refractivity contribution is 0.0911. The number of rotatable bonds is 4. The predicted octanol–water partition coefficient (Wildman–Crippen LogP) is 3.98. The summed E-state index contributed by atoms with van der Waals surface area (Å²) in [6.45, 7) is 2.96. The van der Waals surface area contributed by atoms with Crippen LogP contribution < -0.4 is 5.32 Å². The Kier molecular flexibility index (Phi) is 5.47. The number of carbonyl (C=O) groups excluding carboxylic acids is 1. The summed E-state index contributed by atoms with van der Waals surface area (Å²) < 4.78 is 33.5. The van der Waals surface area contributed by atoms with Crippen LogP contribution in [0.5, 0.6) is 0 Å². The molecule has 0 unspecified atom stereocenters. The topological polar surface area (TPSA) is 79.6 Å². The van der Waals surface area contributed by atoms with Crippen LogP contribution in [0.4, 0.5) is 0 Å². The molecule has 1 aromatic carbocycles. The minimum atomic E-state index is -3.53. The van der Waals surface area contributed by atoms with Crippen LogP contribution >= 0.6 is 0 Å². The van der Waals surface area contributed by atoms with Crippen molar-refractivity contribution in [3.8, 4) is 0 Å². The van der Waals surface area contributed by atoms with Crippen molar-refractivity contribution in [3.63, 3.8) is 0 Å². The number of hydrogen-bond donors (Lipinski definition) is 1. The van der Waals surface area contributed by atoms with Gasteiger partial charge in [0.05, 0.1) is 4.90 Å². The molecule has 7 heteroatoms. The van der Waals surface area contributed by atoms with E-state index in [1.54, 1.807) is 22.5 Å². The van der Waals surface area contributed by atoms with E-state index in [2.05, 4.69) is 5.32 Å². The van der Waals surface area contributed by atoms with Gasteiger partial charge in [-0.15, -0.1) is 0 Å². The van der Waals surface area contributed by atoms with Gasteiger partial charge < -0.3 is 9.73 Å². The highest BCUT2D eigenvalue weighted by Crippen LogP contribution is 2.30. The van der Waals surface area contributed by atoms with Gasteiger partial charge in [-0.1, -0.05) is 25.7 Å². The van der Waals surface area contributed by atoms with Crippen molar-refractivity contribution in [2.45, 2.75) is 69.2 Å². The third-order valence-electron chi connectivity index (χ3n) is 6.01. The molecule has 1 saturated carbocycles. The summed E-state index contributed by atoms with van der Waals surface area (Å²) in [5.74, 6) is 0.0729. The Labute approximate surface area is 166 Å². The third-order valence-corrected chi connectivity index (χ3v) is 7.90. The second-order valence-electron chi connectivity index (χ2n) is 7.99. The molecule has 1 amide bonds. The lowest BCUT2D eigenvalue weighted by atomic mass is 10.1. The molecule has 1 aromatic heterocycles. The standard InChI is InChI=1S/C21H28N2O4S/c1-15-18-14-17(28(25,26)23-12-6-2-3-7-13-23)10-11-19(18)27-20(15)21(24)22-16-8-4-5-9-16/h10-11,14,16H,2-9,12-13H2,1H3,(H,22,24). The molecule has 1 N–H and O–H groups in total. The van der Waals surface area contributed by atoms with Gasteiger partial charge in [-0.25, -0.2) is 8.42 Å². The number of hydrogen-bond acceptors (Lipinski definition) is 4. The zero-order valence-electron chi connectivity index (χ0n) is 16.4. The number of fused-ring (bicyclic) bond motifs is 1. The fourth-order valence-corrected chi connectivity index (χ4v) is 5.87. The Morgan fingerprint density at radius 1 is 1.07 bits per heavy atom. The molecule has 1 saturated heterocycles. The molecule has 2 fully saturated rings. The van der Waals surface area contributed by atoms with Gasteiger partial charge in [-0.2, -0.15) is 4.31 Å². The molecule has 4 rings (SSSR count). The van der Waals surface area contributed by atoms with Gasteiger partial charge in [0.1, 0.15) is 5.58 Å². The Morgan fingerprint density at radius 2 is 1.75 bits per heavy atom. The number of amides is 1. The SMILES string of the molecule is Cc1c(C(=O)NC2CCCC2)oc2ccc(S(=O)(=O)N3CCCCCC3)cc12. The molecule has 0 spiro atoms. The summed E-state index contributed by atoms with van der Waals surface area (Å²) in [5.41, 5.74) is 1.24. The molecule has 6 nitrogen and oxygen atoms in total.